The second-order valence-electron chi connectivity index (χ2n) is 6.33. The zero-order valence-corrected chi connectivity index (χ0v) is 16.6. The third kappa shape index (κ3) is 5.43. The monoisotopic (exact) mass is 406 g/mol. The highest BCUT2D eigenvalue weighted by atomic mass is 32.2. The molecule has 0 fully saturated rings. The topological polar surface area (TPSA) is 122 Å². The molecule has 10 heteroatoms. The van der Waals surface area contributed by atoms with Crippen molar-refractivity contribution in [3.8, 4) is 0 Å². The molecule has 2 aromatic carbocycles. The van der Waals surface area contributed by atoms with E-state index in [0.29, 0.717) is 5.56 Å². The van der Waals surface area contributed by atoms with E-state index in [1.165, 1.54) is 12.1 Å². The van der Waals surface area contributed by atoms with Gasteiger partial charge in [0.2, 0.25) is 0 Å². The van der Waals surface area contributed by atoms with Crippen molar-refractivity contribution >= 4 is 32.8 Å². The molecule has 0 aliphatic carbocycles. The summed E-state index contributed by atoms with van der Waals surface area (Å²) in [6.45, 7) is 0.472. The van der Waals surface area contributed by atoms with Crippen LogP contribution in [0.3, 0.4) is 0 Å². The van der Waals surface area contributed by atoms with Crippen LogP contribution in [0.2, 0.25) is 0 Å². The molecule has 1 amide bonds. The van der Waals surface area contributed by atoms with Gasteiger partial charge >= 0.3 is 0 Å². The number of nitro benzene ring substituents is 1. The number of nitro groups is 1. The number of hydrogen-bond donors (Lipinski definition) is 2. The van der Waals surface area contributed by atoms with Gasteiger partial charge in [-0.05, 0) is 36.4 Å². The Morgan fingerprint density at radius 2 is 1.75 bits per heavy atom. The number of nitrogens with zero attached hydrogens (tertiary/aromatic N) is 2. The van der Waals surface area contributed by atoms with Crippen molar-refractivity contribution in [2.45, 2.75) is 4.90 Å². The molecule has 9 nitrogen and oxygen atoms in total. The number of amides is 1. The number of anilines is 2. The third-order valence-electron chi connectivity index (χ3n) is 3.97. The third-order valence-corrected chi connectivity index (χ3v) is 5.08. The maximum Gasteiger partial charge on any atom is 0.293 e. The van der Waals surface area contributed by atoms with Gasteiger partial charge in [-0.15, -0.1) is 0 Å². The van der Waals surface area contributed by atoms with E-state index in [2.05, 4.69) is 10.6 Å². The Balaban J connectivity index is 1.96. The Bertz CT molecular complexity index is 972. The second kappa shape index (κ2) is 8.70. The highest BCUT2D eigenvalue weighted by Gasteiger charge is 2.18. The maximum atomic E-state index is 12.1. The molecule has 0 unspecified atom stereocenters. The van der Waals surface area contributed by atoms with Crippen LogP contribution in [-0.4, -0.2) is 52.7 Å². The van der Waals surface area contributed by atoms with Gasteiger partial charge in [0.1, 0.15) is 5.69 Å². The van der Waals surface area contributed by atoms with Gasteiger partial charge in [-0.3, -0.25) is 14.9 Å². The van der Waals surface area contributed by atoms with Crippen molar-refractivity contribution in [2.75, 3.05) is 43.7 Å². The van der Waals surface area contributed by atoms with Gasteiger partial charge in [-0.2, -0.15) is 0 Å². The summed E-state index contributed by atoms with van der Waals surface area (Å²) in [7, 11) is 0.267. The van der Waals surface area contributed by atoms with E-state index >= 15 is 0 Å². The van der Waals surface area contributed by atoms with E-state index in [1.54, 1.807) is 12.1 Å². The fourth-order valence-corrected chi connectivity index (χ4v) is 3.07. The maximum absolute atomic E-state index is 12.1. The molecule has 0 spiro atoms. The molecule has 0 aliphatic rings. The van der Waals surface area contributed by atoms with E-state index in [-0.39, 0.29) is 35.3 Å². The molecule has 150 valence electrons. The van der Waals surface area contributed by atoms with E-state index in [1.807, 2.05) is 31.1 Å². The number of carbonyl (C=O) groups excluding carboxylic acids is 1. The first-order valence-electron chi connectivity index (χ1n) is 8.37. The van der Waals surface area contributed by atoms with Gasteiger partial charge in [-0.1, -0.05) is 0 Å². The van der Waals surface area contributed by atoms with Crippen LogP contribution in [0, 0.1) is 10.1 Å². The van der Waals surface area contributed by atoms with Crippen LogP contribution >= 0.6 is 0 Å². The lowest BCUT2D eigenvalue weighted by atomic mass is 10.2. The SMILES string of the molecule is CN(C)c1ccc(C(=O)NCCNc2ccc(S(C)(=O)=O)cc2[N+](=O)[O-])cc1. The molecule has 0 aliphatic heterocycles. The average molecular weight is 406 g/mol. The Hall–Kier alpha value is -3.14. The fraction of sp³-hybridized carbons (Fsp3) is 0.278. The average Bonchev–Trinajstić information content (AvgIpc) is 2.64. The summed E-state index contributed by atoms with van der Waals surface area (Å²) >= 11 is 0. The smallest absolute Gasteiger partial charge is 0.293 e. The standard InChI is InChI=1S/C18H22N4O5S/c1-21(2)14-6-4-13(5-7-14)18(23)20-11-10-19-16-9-8-15(28(3,26)27)12-17(16)22(24)25/h4-9,12,19H,10-11H2,1-3H3,(H,20,23). The minimum atomic E-state index is -3.54. The molecule has 0 radical (unpaired) electrons. The molecule has 0 bridgehead atoms. The van der Waals surface area contributed by atoms with Gasteiger partial charge in [0.05, 0.1) is 9.82 Å². The summed E-state index contributed by atoms with van der Waals surface area (Å²) in [5, 5.41) is 16.8. The number of sulfone groups is 1. The molecular formula is C18H22N4O5S. The molecule has 0 saturated carbocycles. The molecular weight excluding hydrogens is 384 g/mol. The quantitative estimate of drug-likeness (QED) is 0.390. The summed E-state index contributed by atoms with van der Waals surface area (Å²) in [6, 6.07) is 10.8. The van der Waals surface area contributed by atoms with E-state index in [0.717, 1.165) is 18.0 Å². The second-order valence-corrected chi connectivity index (χ2v) is 8.35. The van der Waals surface area contributed by atoms with Crippen molar-refractivity contribution in [3.63, 3.8) is 0 Å². The first kappa shape index (κ1) is 21.2. The van der Waals surface area contributed by atoms with Gasteiger partial charge in [-0.25, -0.2) is 8.42 Å². The van der Waals surface area contributed by atoms with Crippen LogP contribution in [0.25, 0.3) is 0 Å². The fourth-order valence-electron chi connectivity index (χ4n) is 2.43. The highest BCUT2D eigenvalue weighted by molar-refractivity contribution is 7.90. The lowest BCUT2D eigenvalue weighted by molar-refractivity contribution is -0.384. The summed E-state index contributed by atoms with van der Waals surface area (Å²) in [6.07, 6.45) is 0.986. The first-order valence-corrected chi connectivity index (χ1v) is 10.3. The molecule has 2 rings (SSSR count). The van der Waals surface area contributed by atoms with Gasteiger partial charge < -0.3 is 15.5 Å². The highest BCUT2D eigenvalue weighted by Crippen LogP contribution is 2.27. The largest absolute Gasteiger partial charge is 0.378 e. The molecule has 0 atom stereocenters. The minimum Gasteiger partial charge on any atom is -0.378 e. The number of hydrogen-bond acceptors (Lipinski definition) is 7. The number of benzene rings is 2. The van der Waals surface area contributed by atoms with Gasteiger partial charge in [0.15, 0.2) is 9.84 Å². The van der Waals surface area contributed by atoms with Gasteiger partial charge in [0, 0.05) is 50.8 Å². The minimum absolute atomic E-state index is 0.126. The Morgan fingerprint density at radius 1 is 1.11 bits per heavy atom. The normalized spacial score (nSPS) is 11.0. The van der Waals surface area contributed by atoms with Crippen LogP contribution in [0.5, 0.6) is 0 Å². The van der Waals surface area contributed by atoms with Crippen molar-refractivity contribution in [1.82, 2.24) is 5.32 Å². The predicted molar refractivity (Wildman–Crippen MR) is 108 cm³/mol. The van der Waals surface area contributed by atoms with Crippen LogP contribution in [0.15, 0.2) is 47.4 Å². The van der Waals surface area contributed by atoms with Crippen LogP contribution < -0.4 is 15.5 Å². The van der Waals surface area contributed by atoms with E-state index in [9.17, 15) is 23.3 Å². The van der Waals surface area contributed by atoms with E-state index < -0.39 is 14.8 Å². The molecule has 0 aromatic heterocycles. The zero-order chi connectivity index (χ0) is 20.9. The van der Waals surface area contributed by atoms with E-state index in [4.69, 9.17) is 0 Å². The number of rotatable bonds is 8. The summed E-state index contributed by atoms with van der Waals surface area (Å²) in [5.74, 6) is -0.256. The number of carbonyl (C=O) groups is 1. The Morgan fingerprint density at radius 3 is 2.29 bits per heavy atom. The summed E-state index contributed by atoms with van der Waals surface area (Å²) < 4.78 is 23.1. The molecule has 28 heavy (non-hydrogen) atoms. The molecule has 2 N–H and O–H groups in total. The van der Waals surface area contributed by atoms with Gasteiger partial charge in [0.25, 0.3) is 11.6 Å². The predicted octanol–water partition coefficient (Wildman–Crippen LogP) is 1.91. The van der Waals surface area contributed by atoms with Crippen LogP contribution in [0.4, 0.5) is 17.1 Å². The van der Waals surface area contributed by atoms with Crippen LogP contribution in [-0.2, 0) is 9.84 Å². The lowest BCUT2D eigenvalue weighted by Gasteiger charge is -2.13. The molecule has 2 aromatic rings. The Labute approximate surface area is 163 Å². The number of nitrogens with one attached hydrogen (secondary N) is 2. The summed E-state index contributed by atoms with van der Waals surface area (Å²) in [4.78, 5) is 24.5. The lowest BCUT2D eigenvalue weighted by Crippen LogP contribution is -2.28. The zero-order valence-electron chi connectivity index (χ0n) is 15.8. The van der Waals surface area contributed by atoms with Crippen molar-refractivity contribution in [3.05, 3.63) is 58.1 Å². The van der Waals surface area contributed by atoms with Crippen molar-refractivity contribution in [2.24, 2.45) is 0 Å². The summed E-state index contributed by atoms with van der Waals surface area (Å²) in [5.41, 5.74) is 1.33. The van der Waals surface area contributed by atoms with Crippen molar-refractivity contribution < 1.29 is 18.1 Å². The van der Waals surface area contributed by atoms with Crippen LogP contribution in [0.1, 0.15) is 10.4 Å². The first-order chi connectivity index (χ1) is 13.1. The molecule has 0 saturated heterocycles. The Kier molecular flexibility index (Phi) is 6.57. The van der Waals surface area contributed by atoms with Crippen molar-refractivity contribution in [1.29, 1.82) is 0 Å². The molecule has 0 heterocycles.